The molecule has 3 rings (SSSR count). The van der Waals surface area contributed by atoms with Crippen molar-refractivity contribution in [1.82, 2.24) is 10.9 Å². The normalized spacial score (nSPS) is 23.7. The van der Waals surface area contributed by atoms with Crippen LogP contribution in [0.25, 0.3) is 0 Å². The van der Waals surface area contributed by atoms with Gasteiger partial charge in [0.2, 0.25) is 5.91 Å². The van der Waals surface area contributed by atoms with Gasteiger partial charge >= 0.3 is 0 Å². The summed E-state index contributed by atoms with van der Waals surface area (Å²) in [5.74, 6) is 0.374. The van der Waals surface area contributed by atoms with Crippen molar-refractivity contribution in [1.29, 1.82) is 0 Å². The van der Waals surface area contributed by atoms with Gasteiger partial charge in [0, 0.05) is 10.8 Å². The first-order valence-electron chi connectivity index (χ1n) is 8.00. The zero-order chi connectivity index (χ0) is 15.5. The highest BCUT2D eigenvalue weighted by Crippen LogP contribution is 2.32. The number of carbonyl (C=O) groups is 2. The molecule has 0 aromatic carbocycles. The molecule has 2 aliphatic carbocycles. The smallest absolute Gasteiger partial charge is 0.273 e. The molecule has 0 saturated carbocycles. The largest absolute Gasteiger partial charge is 0.279 e. The first-order valence-corrected chi connectivity index (χ1v) is 8.82. The summed E-state index contributed by atoms with van der Waals surface area (Å²) in [6.07, 6.45) is 9.98. The minimum absolute atomic E-state index is 0.0253. The van der Waals surface area contributed by atoms with Gasteiger partial charge in [-0.15, -0.1) is 11.3 Å². The second kappa shape index (κ2) is 6.65. The third-order valence-corrected chi connectivity index (χ3v) is 5.73. The molecule has 1 aromatic rings. The highest BCUT2D eigenvalue weighted by molar-refractivity contribution is 7.14. The number of nitrogens with one attached hydrogen (secondary N) is 2. The molecule has 0 spiro atoms. The number of amides is 2. The van der Waals surface area contributed by atoms with Crippen molar-refractivity contribution in [2.45, 2.75) is 45.4 Å². The van der Waals surface area contributed by atoms with Crippen LogP contribution < -0.4 is 10.9 Å². The van der Waals surface area contributed by atoms with Crippen LogP contribution in [0.15, 0.2) is 18.2 Å². The fourth-order valence-electron chi connectivity index (χ4n) is 3.13. The molecule has 0 saturated heterocycles. The Labute approximate surface area is 135 Å². The van der Waals surface area contributed by atoms with Crippen LogP contribution >= 0.6 is 11.3 Å². The number of aryl methyl sites for hydroxylation is 1. The van der Waals surface area contributed by atoms with Crippen LogP contribution in [0.5, 0.6) is 0 Å². The molecule has 0 radical (unpaired) electrons. The Morgan fingerprint density at radius 1 is 1.23 bits per heavy atom. The molecule has 2 aliphatic rings. The number of thiophene rings is 1. The number of rotatable bonds is 2. The SMILES string of the molecule is CC1CCc2sc(C(=O)NNC(=O)C3CC=CCC3)cc2C1. The molecule has 1 aromatic heterocycles. The van der Waals surface area contributed by atoms with Gasteiger partial charge in [0.05, 0.1) is 4.88 Å². The van der Waals surface area contributed by atoms with Gasteiger partial charge in [-0.3, -0.25) is 20.4 Å². The Morgan fingerprint density at radius 2 is 2.09 bits per heavy atom. The average molecular weight is 318 g/mol. The summed E-state index contributed by atoms with van der Waals surface area (Å²) in [5.41, 5.74) is 6.44. The summed E-state index contributed by atoms with van der Waals surface area (Å²) < 4.78 is 0. The third-order valence-electron chi connectivity index (χ3n) is 4.49. The Balaban J connectivity index is 1.56. The van der Waals surface area contributed by atoms with Gasteiger partial charge in [-0.25, -0.2) is 0 Å². The Morgan fingerprint density at radius 3 is 2.86 bits per heavy atom. The molecule has 5 heteroatoms. The lowest BCUT2D eigenvalue weighted by molar-refractivity contribution is -0.126. The van der Waals surface area contributed by atoms with Crippen LogP contribution in [-0.2, 0) is 17.6 Å². The second-order valence-electron chi connectivity index (χ2n) is 6.33. The van der Waals surface area contributed by atoms with E-state index in [9.17, 15) is 9.59 Å². The van der Waals surface area contributed by atoms with E-state index in [0.29, 0.717) is 10.8 Å². The Bertz CT molecular complexity index is 606. The van der Waals surface area contributed by atoms with Crippen molar-refractivity contribution in [3.05, 3.63) is 33.5 Å². The maximum Gasteiger partial charge on any atom is 0.279 e. The van der Waals surface area contributed by atoms with Crippen LogP contribution in [0.2, 0.25) is 0 Å². The average Bonchev–Trinajstić information content (AvgIpc) is 2.96. The van der Waals surface area contributed by atoms with Crippen LogP contribution in [0.4, 0.5) is 0 Å². The van der Waals surface area contributed by atoms with Crippen molar-refractivity contribution in [2.24, 2.45) is 11.8 Å². The lowest BCUT2D eigenvalue weighted by atomic mass is 9.90. The highest BCUT2D eigenvalue weighted by atomic mass is 32.1. The van der Waals surface area contributed by atoms with Crippen LogP contribution in [-0.4, -0.2) is 11.8 Å². The van der Waals surface area contributed by atoms with Gasteiger partial charge in [-0.1, -0.05) is 19.1 Å². The quantitative estimate of drug-likeness (QED) is 0.650. The van der Waals surface area contributed by atoms with E-state index in [1.165, 1.54) is 16.9 Å². The number of allylic oxidation sites excluding steroid dienone is 2. The first-order chi connectivity index (χ1) is 10.6. The minimum Gasteiger partial charge on any atom is -0.273 e. The van der Waals surface area contributed by atoms with Crippen molar-refractivity contribution in [2.75, 3.05) is 0 Å². The zero-order valence-electron chi connectivity index (χ0n) is 12.9. The third kappa shape index (κ3) is 3.40. The van der Waals surface area contributed by atoms with E-state index >= 15 is 0 Å². The molecule has 0 bridgehead atoms. The number of carbonyl (C=O) groups excluding carboxylic acids is 2. The van der Waals surface area contributed by atoms with Crippen molar-refractivity contribution >= 4 is 23.2 Å². The molecule has 0 fully saturated rings. The van der Waals surface area contributed by atoms with Gasteiger partial charge in [-0.05, 0) is 56.1 Å². The molecule has 2 unspecified atom stereocenters. The van der Waals surface area contributed by atoms with E-state index in [1.54, 1.807) is 11.3 Å². The predicted molar refractivity (Wildman–Crippen MR) is 87.6 cm³/mol. The molecule has 118 valence electrons. The van der Waals surface area contributed by atoms with E-state index in [2.05, 4.69) is 23.9 Å². The molecule has 1 heterocycles. The summed E-state index contributed by atoms with van der Waals surface area (Å²) in [6, 6.07) is 1.99. The Kier molecular flexibility index (Phi) is 4.62. The van der Waals surface area contributed by atoms with E-state index in [1.807, 2.05) is 12.1 Å². The summed E-state index contributed by atoms with van der Waals surface area (Å²) >= 11 is 1.56. The Hall–Kier alpha value is -1.62. The van der Waals surface area contributed by atoms with Gasteiger partial charge in [0.1, 0.15) is 0 Å². The lowest BCUT2D eigenvalue weighted by Gasteiger charge is -2.17. The molecule has 2 amide bonds. The molecular formula is C17H22N2O2S. The monoisotopic (exact) mass is 318 g/mol. The fraction of sp³-hybridized carbons (Fsp3) is 0.529. The van der Waals surface area contributed by atoms with E-state index < -0.39 is 0 Å². The standard InChI is InChI=1S/C17H22N2O2S/c1-11-7-8-14-13(9-11)10-15(22-14)17(21)19-18-16(20)12-5-3-2-4-6-12/h2-3,10-12H,4-9H2,1H3,(H,18,20)(H,19,21). The number of hydrogen-bond donors (Lipinski definition) is 2. The number of hydrogen-bond acceptors (Lipinski definition) is 3. The predicted octanol–water partition coefficient (Wildman–Crippen LogP) is 2.99. The first kappa shape index (κ1) is 15.3. The van der Waals surface area contributed by atoms with Crippen LogP contribution in [0.3, 0.4) is 0 Å². The molecule has 2 atom stereocenters. The lowest BCUT2D eigenvalue weighted by Crippen LogP contribution is -2.44. The van der Waals surface area contributed by atoms with E-state index in [-0.39, 0.29) is 17.7 Å². The van der Waals surface area contributed by atoms with Gasteiger partial charge in [0.25, 0.3) is 5.91 Å². The van der Waals surface area contributed by atoms with Gasteiger partial charge in [-0.2, -0.15) is 0 Å². The summed E-state index contributed by atoms with van der Waals surface area (Å²) in [6.45, 7) is 2.25. The summed E-state index contributed by atoms with van der Waals surface area (Å²) in [7, 11) is 0. The summed E-state index contributed by atoms with van der Waals surface area (Å²) in [5, 5.41) is 0. The van der Waals surface area contributed by atoms with Crippen molar-refractivity contribution < 1.29 is 9.59 Å². The van der Waals surface area contributed by atoms with E-state index in [0.717, 1.165) is 32.1 Å². The minimum atomic E-state index is -0.202. The molecule has 22 heavy (non-hydrogen) atoms. The second-order valence-corrected chi connectivity index (χ2v) is 7.47. The topological polar surface area (TPSA) is 58.2 Å². The maximum atomic E-state index is 12.2. The number of hydrazine groups is 1. The van der Waals surface area contributed by atoms with Crippen molar-refractivity contribution in [3.8, 4) is 0 Å². The highest BCUT2D eigenvalue weighted by Gasteiger charge is 2.22. The molecule has 0 aliphatic heterocycles. The maximum absolute atomic E-state index is 12.2. The van der Waals surface area contributed by atoms with Crippen LogP contribution in [0.1, 0.15) is 52.7 Å². The zero-order valence-corrected chi connectivity index (χ0v) is 13.7. The fourth-order valence-corrected chi connectivity index (χ4v) is 4.24. The summed E-state index contributed by atoms with van der Waals surface area (Å²) in [4.78, 5) is 26.2. The molecular weight excluding hydrogens is 296 g/mol. The van der Waals surface area contributed by atoms with Gasteiger partial charge in [0.15, 0.2) is 0 Å². The van der Waals surface area contributed by atoms with Crippen molar-refractivity contribution in [3.63, 3.8) is 0 Å². The van der Waals surface area contributed by atoms with Crippen LogP contribution in [0, 0.1) is 11.8 Å². The molecule has 4 nitrogen and oxygen atoms in total. The number of fused-ring (bicyclic) bond motifs is 1. The molecule has 2 N–H and O–H groups in total. The van der Waals surface area contributed by atoms with Gasteiger partial charge < -0.3 is 0 Å². The van der Waals surface area contributed by atoms with E-state index in [4.69, 9.17) is 0 Å².